The number of carboxylic acid groups (broad SMARTS) is 2. The van der Waals surface area contributed by atoms with E-state index in [0.717, 1.165) is 16.9 Å². The molecule has 5 rings (SSSR count). The number of rotatable bonds is 8. The first-order chi connectivity index (χ1) is 26.1. The van der Waals surface area contributed by atoms with Gasteiger partial charge in [0, 0.05) is 39.3 Å². The zero-order valence-electron chi connectivity index (χ0n) is 31.3. The standard InChI is InChI=1S/C21H17NO4.C15H13NO3.2C3H7NO/c1-14-6-10-16(11-7-14)26-17-12-8-15(9-13-17)22-20(23)18-4-2-3-5-19(18)21(24)25;1-10-5-4-6-11(9-10)16-14(17)12-7-2-3-8-13(12)15(18)19;2*1-3(5)4-2/h2-13H,1H3,(H,22,23)(H,24,25);2-9H,1H3,(H,16,17)(H,18,19);2*1-2H3,(H,4,5). The van der Waals surface area contributed by atoms with Crippen molar-refractivity contribution >= 4 is 46.9 Å². The van der Waals surface area contributed by atoms with Gasteiger partial charge in [0.2, 0.25) is 11.8 Å². The highest BCUT2D eigenvalue weighted by Gasteiger charge is 2.17. The summed E-state index contributed by atoms with van der Waals surface area (Å²) in [5.74, 6) is -1.79. The van der Waals surface area contributed by atoms with Gasteiger partial charge in [0.15, 0.2) is 0 Å². The van der Waals surface area contributed by atoms with Gasteiger partial charge in [-0.2, -0.15) is 0 Å². The van der Waals surface area contributed by atoms with Crippen molar-refractivity contribution in [3.05, 3.63) is 155 Å². The molecule has 5 aromatic carbocycles. The molecule has 0 bridgehead atoms. The van der Waals surface area contributed by atoms with Gasteiger partial charge in [-0.3, -0.25) is 19.2 Å². The summed E-state index contributed by atoms with van der Waals surface area (Å²) in [6.45, 7) is 6.87. The van der Waals surface area contributed by atoms with Crippen LogP contribution < -0.4 is 26.0 Å². The van der Waals surface area contributed by atoms with Crippen molar-refractivity contribution in [1.82, 2.24) is 10.6 Å². The van der Waals surface area contributed by atoms with Crippen LogP contribution >= 0.6 is 0 Å². The fourth-order valence-corrected chi connectivity index (χ4v) is 4.20. The van der Waals surface area contributed by atoms with Gasteiger partial charge in [-0.25, -0.2) is 9.59 Å². The molecule has 0 atom stereocenters. The molecular formula is C42H44N4O9. The number of nitrogens with one attached hydrogen (secondary N) is 4. The van der Waals surface area contributed by atoms with Crippen LogP contribution in [0.3, 0.4) is 0 Å². The van der Waals surface area contributed by atoms with Gasteiger partial charge in [-0.05, 0) is 92.2 Å². The topological polar surface area (TPSA) is 200 Å². The van der Waals surface area contributed by atoms with Crippen LogP contribution in [0, 0.1) is 13.8 Å². The van der Waals surface area contributed by atoms with E-state index in [1.54, 1.807) is 68.7 Å². The SMILES string of the molecule is CNC(C)=O.CNC(C)=O.Cc1ccc(Oc2ccc(NC(=O)c3ccccc3C(=O)O)cc2)cc1.Cc1cccc(NC(=O)c2ccccc2C(=O)O)c1. The molecule has 0 unspecified atom stereocenters. The highest BCUT2D eigenvalue weighted by molar-refractivity contribution is 6.11. The lowest BCUT2D eigenvalue weighted by Crippen LogP contribution is -2.16. The van der Waals surface area contributed by atoms with Crippen molar-refractivity contribution in [3.63, 3.8) is 0 Å². The minimum atomic E-state index is -1.14. The van der Waals surface area contributed by atoms with Gasteiger partial charge < -0.3 is 36.2 Å². The fraction of sp³-hybridized carbons (Fsp3) is 0.143. The van der Waals surface area contributed by atoms with Crippen molar-refractivity contribution in [2.45, 2.75) is 27.7 Å². The molecule has 0 heterocycles. The molecule has 13 heteroatoms. The average molecular weight is 749 g/mol. The first-order valence-electron chi connectivity index (χ1n) is 16.7. The smallest absolute Gasteiger partial charge is 0.336 e. The molecule has 0 aliphatic rings. The molecule has 0 fully saturated rings. The predicted molar refractivity (Wildman–Crippen MR) is 211 cm³/mol. The molecule has 0 aromatic heterocycles. The van der Waals surface area contributed by atoms with E-state index in [1.165, 1.54) is 38.1 Å². The largest absolute Gasteiger partial charge is 0.478 e. The summed E-state index contributed by atoms with van der Waals surface area (Å²) in [6.07, 6.45) is 0. The number of carboxylic acids is 2. The molecule has 286 valence electrons. The Bertz CT molecular complexity index is 2070. The molecule has 6 N–H and O–H groups in total. The van der Waals surface area contributed by atoms with E-state index < -0.39 is 23.8 Å². The lowest BCUT2D eigenvalue weighted by molar-refractivity contribution is -0.119. The molecule has 0 saturated heterocycles. The Labute approximate surface area is 319 Å². The lowest BCUT2D eigenvalue weighted by atomic mass is 10.1. The lowest BCUT2D eigenvalue weighted by Gasteiger charge is -2.09. The first-order valence-corrected chi connectivity index (χ1v) is 16.7. The van der Waals surface area contributed by atoms with Crippen LogP contribution in [0.1, 0.15) is 66.4 Å². The van der Waals surface area contributed by atoms with Crippen molar-refractivity contribution in [2.75, 3.05) is 24.7 Å². The number of hydrogen-bond acceptors (Lipinski definition) is 7. The van der Waals surface area contributed by atoms with E-state index in [4.69, 9.17) is 9.84 Å². The maximum atomic E-state index is 12.3. The van der Waals surface area contributed by atoms with Crippen molar-refractivity contribution in [1.29, 1.82) is 0 Å². The first kappa shape index (κ1) is 43.9. The second-order valence-electron chi connectivity index (χ2n) is 11.5. The van der Waals surface area contributed by atoms with Crippen molar-refractivity contribution in [2.24, 2.45) is 0 Å². The van der Waals surface area contributed by atoms with Crippen LogP contribution in [0.5, 0.6) is 11.5 Å². The Balaban J connectivity index is 0.000000314. The molecule has 0 spiro atoms. The minimum Gasteiger partial charge on any atom is -0.478 e. The molecule has 13 nitrogen and oxygen atoms in total. The highest BCUT2D eigenvalue weighted by Crippen LogP contribution is 2.24. The third-order valence-corrected chi connectivity index (χ3v) is 7.15. The summed E-state index contributed by atoms with van der Waals surface area (Å²) < 4.78 is 5.74. The van der Waals surface area contributed by atoms with Gasteiger partial charge in [-0.15, -0.1) is 0 Å². The minimum absolute atomic E-state index is 0.00463. The highest BCUT2D eigenvalue weighted by atomic mass is 16.5. The second kappa shape index (κ2) is 22.6. The van der Waals surface area contributed by atoms with Crippen LogP contribution in [-0.2, 0) is 9.59 Å². The zero-order valence-corrected chi connectivity index (χ0v) is 31.3. The van der Waals surface area contributed by atoms with Crippen LogP contribution in [0.15, 0.2) is 121 Å². The maximum absolute atomic E-state index is 12.3. The van der Waals surface area contributed by atoms with Crippen LogP contribution in [0.25, 0.3) is 0 Å². The molecule has 55 heavy (non-hydrogen) atoms. The molecule has 4 amide bonds. The Morgan fingerprint density at radius 1 is 0.473 bits per heavy atom. The fourth-order valence-electron chi connectivity index (χ4n) is 4.20. The summed E-state index contributed by atoms with van der Waals surface area (Å²) in [5, 5.41) is 28.4. The Morgan fingerprint density at radius 2 is 0.855 bits per heavy atom. The number of aromatic carboxylic acids is 2. The van der Waals surface area contributed by atoms with Gasteiger partial charge in [-0.1, -0.05) is 54.1 Å². The maximum Gasteiger partial charge on any atom is 0.336 e. The molecule has 0 aliphatic carbocycles. The van der Waals surface area contributed by atoms with E-state index in [-0.39, 0.29) is 34.1 Å². The second-order valence-corrected chi connectivity index (χ2v) is 11.5. The summed E-state index contributed by atoms with van der Waals surface area (Å²) in [5.41, 5.74) is 3.58. The molecule has 0 aliphatic heterocycles. The number of anilines is 2. The summed E-state index contributed by atoms with van der Waals surface area (Å²) >= 11 is 0. The van der Waals surface area contributed by atoms with Gasteiger partial charge in [0.1, 0.15) is 11.5 Å². The van der Waals surface area contributed by atoms with Gasteiger partial charge in [0.25, 0.3) is 11.8 Å². The van der Waals surface area contributed by atoms with E-state index in [2.05, 4.69) is 21.3 Å². The summed E-state index contributed by atoms with van der Waals surface area (Å²) in [7, 11) is 3.20. The van der Waals surface area contributed by atoms with Gasteiger partial charge in [0.05, 0.1) is 22.3 Å². The van der Waals surface area contributed by atoms with Crippen LogP contribution in [0.4, 0.5) is 11.4 Å². The number of aryl methyl sites for hydroxylation is 2. The average Bonchev–Trinajstić information content (AvgIpc) is 3.17. The van der Waals surface area contributed by atoms with Crippen LogP contribution in [-0.4, -0.2) is 59.9 Å². The summed E-state index contributed by atoms with van der Waals surface area (Å²) in [6, 6.07) is 34.1. The molecular weight excluding hydrogens is 704 g/mol. The van der Waals surface area contributed by atoms with E-state index in [0.29, 0.717) is 17.1 Å². The quantitative estimate of drug-likeness (QED) is 0.0950. The number of amides is 4. The number of benzene rings is 5. The van der Waals surface area contributed by atoms with Crippen LogP contribution in [0.2, 0.25) is 0 Å². The number of ether oxygens (including phenoxy) is 1. The molecule has 0 saturated carbocycles. The Morgan fingerprint density at radius 3 is 1.24 bits per heavy atom. The van der Waals surface area contributed by atoms with E-state index >= 15 is 0 Å². The number of carbonyl (C=O) groups excluding carboxylic acids is 4. The zero-order chi connectivity index (χ0) is 40.9. The van der Waals surface area contributed by atoms with E-state index in [1.807, 2.05) is 56.3 Å². The Hall–Kier alpha value is -7.28. The third-order valence-electron chi connectivity index (χ3n) is 7.15. The monoisotopic (exact) mass is 748 g/mol. The third kappa shape index (κ3) is 15.9. The number of hydrogen-bond donors (Lipinski definition) is 6. The van der Waals surface area contributed by atoms with Crippen molar-refractivity contribution in [3.8, 4) is 11.5 Å². The Kier molecular flexibility index (Phi) is 18.0. The molecule has 0 radical (unpaired) electrons. The summed E-state index contributed by atoms with van der Waals surface area (Å²) in [4.78, 5) is 66.1. The van der Waals surface area contributed by atoms with Gasteiger partial charge >= 0.3 is 11.9 Å². The number of carbonyl (C=O) groups is 6. The normalized spacial score (nSPS) is 9.49. The van der Waals surface area contributed by atoms with E-state index in [9.17, 15) is 33.9 Å². The van der Waals surface area contributed by atoms with Crippen molar-refractivity contribution < 1.29 is 43.7 Å². The molecule has 5 aromatic rings. The predicted octanol–water partition coefficient (Wildman–Crippen LogP) is 7.19.